The fraction of sp³-hybridized carbons (Fsp3) is 0.286. The predicted octanol–water partition coefficient (Wildman–Crippen LogP) is 3.92. The lowest BCUT2D eigenvalue weighted by atomic mass is 9.89. The smallest absolute Gasteiger partial charge is 0.323 e. The number of aryl methyl sites for hydroxylation is 1. The number of aromatic amines is 1. The predicted molar refractivity (Wildman–Crippen MR) is 106 cm³/mol. The SMILES string of the molecule is COC(=O)C1Cc2c([nH]c3ccccc23)C(c2cc(Cl)c(C)cc2OC)N1. The molecular weight excluding hydrogens is 364 g/mol. The molecule has 3 aromatic rings. The van der Waals surface area contributed by atoms with Gasteiger partial charge in [0.25, 0.3) is 0 Å². The molecule has 4 rings (SSSR count). The number of carbonyl (C=O) groups is 1. The normalized spacial score (nSPS) is 19.0. The van der Waals surface area contributed by atoms with E-state index in [1.165, 1.54) is 7.11 Å². The summed E-state index contributed by atoms with van der Waals surface area (Å²) in [5.74, 6) is 0.442. The first kappa shape index (κ1) is 17.9. The first-order valence-corrected chi connectivity index (χ1v) is 9.18. The van der Waals surface area contributed by atoms with Crippen LogP contribution in [0.3, 0.4) is 0 Å². The van der Waals surface area contributed by atoms with Crippen LogP contribution >= 0.6 is 11.6 Å². The number of hydrogen-bond donors (Lipinski definition) is 2. The molecule has 2 atom stereocenters. The Labute approximate surface area is 162 Å². The van der Waals surface area contributed by atoms with E-state index in [-0.39, 0.29) is 12.0 Å². The molecule has 1 aliphatic heterocycles. The molecule has 0 saturated carbocycles. The van der Waals surface area contributed by atoms with Crippen molar-refractivity contribution in [2.75, 3.05) is 14.2 Å². The van der Waals surface area contributed by atoms with Gasteiger partial charge in [-0.15, -0.1) is 0 Å². The molecule has 2 heterocycles. The molecule has 2 aromatic carbocycles. The Bertz CT molecular complexity index is 1030. The number of carbonyl (C=O) groups excluding carboxylic acids is 1. The fourth-order valence-electron chi connectivity index (χ4n) is 3.85. The van der Waals surface area contributed by atoms with Crippen LogP contribution in [0.25, 0.3) is 10.9 Å². The first-order chi connectivity index (χ1) is 13.0. The van der Waals surface area contributed by atoms with Crippen LogP contribution in [0.1, 0.15) is 28.4 Å². The molecule has 0 amide bonds. The number of aromatic nitrogens is 1. The van der Waals surface area contributed by atoms with E-state index in [2.05, 4.69) is 16.4 Å². The third-order valence-electron chi connectivity index (χ3n) is 5.22. The van der Waals surface area contributed by atoms with Gasteiger partial charge in [-0.25, -0.2) is 0 Å². The highest BCUT2D eigenvalue weighted by atomic mass is 35.5. The van der Waals surface area contributed by atoms with E-state index in [1.807, 2.05) is 37.3 Å². The molecular formula is C21H21ClN2O3. The number of fused-ring (bicyclic) bond motifs is 3. The number of H-pyrrole nitrogens is 1. The minimum absolute atomic E-state index is 0.265. The number of ether oxygens (including phenoxy) is 2. The second-order valence-electron chi connectivity index (χ2n) is 6.79. The highest BCUT2D eigenvalue weighted by Crippen LogP contribution is 2.40. The van der Waals surface area contributed by atoms with Crippen LogP contribution in [0, 0.1) is 6.92 Å². The molecule has 6 heteroatoms. The summed E-state index contributed by atoms with van der Waals surface area (Å²) < 4.78 is 10.6. The second kappa shape index (κ2) is 6.91. The number of methoxy groups -OCH3 is 2. The quantitative estimate of drug-likeness (QED) is 0.672. The molecule has 0 spiro atoms. The molecule has 1 aromatic heterocycles. The van der Waals surface area contributed by atoms with Gasteiger partial charge < -0.3 is 14.5 Å². The monoisotopic (exact) mass is 384 g/mol. The Kier molecular flexibility index (Phi) is 4.58. The lowest BCUT2D eigenvalue weighted by molar-refractivity contribution is -0.143. The lowest BCUT2D eigenvalue weighted by Gasteiger charge is -2.31. The number of esters is 1. The summed E-state index contributed by atoms with van der Waals surface area (Å²) in [5, 5.41) is 5.19. The molecule has 27 heavy (non-hydrogen) atoms. The van der Waals surface area contributed by atoms with Crippen molar-refractivity contribution in [3.63, 3.8) is 0 Å². The standard InChI is InChI=1S/C21H21ClN2O3/c1-11-8-18(26-2)14(9-15(11)22)20-19-13(10-17(24-20)21(25)27-3)12-6-4-5-7-16(12)23-19/h4-9,17,20,23-24H,10H2,1-3H3. The summed E-state index contributed by atoms with van der Waals surface area (Å²) in [7, 11) is 3.05. The first-order valence-electron chi connectivity index (χ1n) is 8.81. The van der Waals surface area contributed by atoms with Crippen molar-refractivity contribution in [2.45, 2.75) is 25.4 Å². The van der Waals surface area contributed by atoms with Gasteiger partial charge in [0.05, 0.1) is 20.3 Å². The molecule has 0 aliphatic carbocycles. The summed E-state index contributed by atoms with van der Waals surface area (Å²) in [5.41, 5.74) is 5.00. The minimum atomic E-state index is -0.448. The maximum Gasteiger partial charge on any atom is 0.323 e. The molecule has 0 radical (unpaired) electrons. The topological polar surface area (TPSA) is 63.4 Å². The number of hydrogen-bond acceptors (Lipinski definition) is 4. The van der Waals surface area contributed by atoms with Crippen LogP contribution in [-0.2, 0) is 16.0 Å². The molecule has 5 nitrogen and oxygen atoms in total. The van der Waals surface area contributed by atoms with Crippen LogP contribution in [0.5, 0.6) is 5.75 Å². The number of rotatable bonds is 3. The van der Waals surface area contributed by atoms with Gasteiger partial charge in [0.1, 0.15) is 11.8 Å². The maximum atomic E-state index is 12.3. The summed E-state index contributed by atoms with van der Waals surface area (Å²) in [6.45, 7) is 1.94. The van der Waals surface area contributed by atoms with E-state index in [1.54, 1.807) is 7.11 Å². The van der Waals surface area contributed by atoms with Gasteiger partial charge in [0.15, 0.2) is 0 Å². The zero-order chi connectivity index (χ0) is 19.1. The van der Waals surface area contributed by atoms with Crippen molar-refractivity contribution in [3.8, 4) is 5.75 Å². The number of halogens is 1. The van der Waals surface area contributed by atoms with Gasteiger partial charge in [-0.3, -0.25) is 10.1 Å². The number of nitrogens with one attached hydrogen (secondary N) is 2. The van der Waals surface area contributed by atoms with Crippen molar-refractivity contribution >= 4 is 28.5 Å². The summed E-state index contributed by atoms with van der Waals surface area (Å²) in [6, 6.07) is 11.2. The largest absolute Gasteiger partial charge is 0.496 e. The number of benzene rings is 2. The van der Waals surface area contributed by atoms with Crippen LogP contribution in [0.2, 0.25) is 5.02 Å². The third-order valence-corrected chi connectivity index (χ3v) is 5.63. The van der Waals surface area contributed by atoms with Crippen molar-refractivity contribution in [2.24, 2.45) is 0 Å². The van der Waals surface area contributed by atoms with Crippen molar-refractivity contribution < 1.29 is 14.3 Å². The fourth-order valence-corrected chi connectivity index (χ4v) is 4.02. The summed E-state index contributed by atoms with van der Waals surface area (Å²) >= 11 is 6.41. The molecule has 140 valence electrons. The summed E-state index contributed by atoms with van der Waals surface area (Å²) in [6.07, 6.45) is 0.560. The molecule has 0 fully saturated rings. The van der Waals surface area contributed by atoms with Crippen LogP contribution in [-0.4, -0.2) is 31.2 Å². The average Bonchev–Trinajstić information content (AvgIpc) is 3.07. The number of para-hydroxylation sites is 1. The van der Waals surface area contributed by atoms with Crippen LogP contribution in [0.15, 0.2) is 36.4 Å². The van der Waals surface area contributed by atoms with Gasteiger partial charge in [-0.2, -0.15) is 0 Å². The van der Waals surface area contributed by atoms with Gasteiger partial charge >= 0.3 is 5.97 Å². The minimum Gasteiger partial charge on any atom is -0.496 e. The van der Waals surface area contributed by atoms with Crippen molar-refractivity contribution in [1.82, 2.24) is 10.3 Å². The average molecular weight is 385 g/mol. The van der Waals surface area contributed by atoms with E-state index in [9.17, 15) is 4.79 Å². The van der Waals surface area contributed by atoms with Gasteiger partial charge in [-0.1, -0.05) is 29.8 Å². The van der Waals surface area contributed by atoms with E-state index in [4.69, 9.17) is 21.1 Å². The van der Waals surface area contributed by atoms with E-state index in [0.717, 1.165) is 39.0 Å². The Morgan fingerprint density at radius 3 is 2.74 bits per heavy atom. The van der Waals surface area contributed by atoms with E-state index >= 15 is 0 Å². The third kappa shape index (κ3) is 2.97. The van der Waals surface area contributed by atoms with Gasteiger partial charge in [0.2, 0.25) is 0 Å². The van der Waals surface area contributed by atoms with E-state index in [0.29, 0.717) is 11.4 Å². The summed E-state index contributed by atoms with van der Waals surface area (Å²) in [4.78, 5) is 15.8. The second-order valence-corrected chi connectivity index (χ2v) is 7.19. The highest BCUT2D eigenvalue weighted by molar-refractivity contribution is 6.31. The van der Waals surface area contributed by atoms with Gasteiger partial charge in [0, 0.05) is 33.6 Å². The Morgan fingerprint density at radius 1 is 1.22 bits per heavy atom. The zero-order valence-electron chi connectivity index (χ0n) is 15.4. The zero-order valence-corrected chi connectivity index (χ0v) is 16.2. The molecule has 2 unspecified atom stereocenters. The molecule has 1 aliphatic rings. The Balaban J connectivity index is 1.93. The maximum absolute atomic E-state index is 12.3. The Hall–Kier alpha value is -2.50. The van der Waals surface area contributed by atoms with Crippen LogP contribution in [0.4, 0.5) is 0 Å². The lowest BCUT2D eigenvalue weighted by Crippen LogP contribution is -2.45. The molecule has 2 N–H and O–H groups in total. The Morgan fingerprint density at radius 2 is 2.00 bits per heavy atom. The molecule has 0 bridgehead atoms. The van der Waals surface area contributed by atoms with Crippen molar-refractivity contribution in [1.29, 1.82) is 0 Å². The van der Waals surface area contributed by atoms with Crippen LogP contribution < -0.4 is 10.1 Å². The van der Waals surface area contributed by atoms with Crippen molar-refractivity contribution in [3.05, 3.63) is 63.8 Å². The molecule has 0 saturated heterocycles. The van der Waals surface area contributed by atoms with Gasteiger partial charge in [-0.05, 0) is 36.2 Å². The van der Waals surface area contributed by atoms with E-state index < -0.39 is 6.04 Å². The highest BCUT2D eigenvalue weighted by Gasteiger charge is 2.35.